The number of pyridine rings is 2. The molecule has 0 bridgehead atoms. The Kier molecular flexibility index (Phi) is 13.7. The molecule has 5 amide bonds. The monoisotopic (exact) mass is 770 g/mol. The standard InChI is InChI=1S/C35H42N8O10.ClH/c1-3-20-21-10-19(52-9-5-8-37-28(45)13-39-30(47)15-41-31(48)16-40-29(46)14-38-27(44)12-36)6-7-25(21)42-32-22(20)17-43-26(32)11-24-23(33(43)49)18-53-34(50)35(24,51)4-2;/h6-7,10-11,51H,3-5,8-9,12-18,36H2,1-2H3,(H,37,45)(H,38,44)(H,39,47)(H,40,46)(H,41,48);1H/t35-;/m0./s1. The molecule has 2 aromatic heterocycles. The van der Waals surface area contributed by atoms with Gasteiger partial charge < -0.3 is 51.5 Å². The summed E-state index contributed by atoms with van der Waals surface area (Å²) in [6.07, 6.45) is 1.18. The molecule has 8 N–H and O–H groups in total. The summed E-state index contributed by atoms with van der Waals surface area (Å²) in [4.78, 5) is 89.6. The van der Waals surface area contributed by atoms with Crippen LogP contribution in [0.1, 0.15) is 48.9 Å². The van der Waals surface area contributed by atoms with Crippen LogP contribution in [0.5, 0.6) is 5.75 Å². The Labute approximate surface area is 315 Å². The Hall–Kier alpha value is -5.59. The van der Waals surface area contributed by atoms with Crippen molar-refractivity contribution in [2.75, 3.05) is 45.9 Å². The summed E-state index contributed by atoms with van der Waals surface area (Å²) < 4.78 is 12.7. The van der Waals surface area contributed by atoms with Crippen LogP contribution in [-0.2, 0) is 58.7 Å². The molecule has 5 rings (SSSR count). The molecular weight excluding hydrogens is 728 g/mol. The highest BCUT2D eigenvalue weighted by Gasteiger charge is 2.45. The van der Waals surface area contributed by atoms with Gasteiger partial charge in [0.15, 0.2) is 5.60 Å². The fourth-order valence-corrected chi connectivity index (χ4v) is 6.16. The SMILES string of the molecule is CCc1c2c(nc3ccc(OCCCNC(=O)CNC(=O)CNC(=O)CNC(=O)CNC(=O)CN)cc13)-c1cc3c(c(=O)n1C2)COC(=O)[C@]3(O)CC.Cl. The van der Waals surface area contributed by atoms with Crippen LogP contribution in [-0.4, -0.2) is 96.0 Å². The van der Waals surface area contributed by atoms with Crippen molar-refractivity contribution in [3.05, 3.63) is 56.9 Å². The van der Waals surface area contributed by atoms with E-state index in [1.54, 1.807) is 23.6 Å². The summed E-state index contributed by atoms with van der Waals surface area (Å²) in [5, 5.41) is 23.9. The average Bonchev–Trinajstić information content (AvgIpc) is 3.53. The Morgan fingerprint density at radius 3 is 2.11 bits per heavy atom. The summed E-state index contributed by atoms with van der Waals surface area (Å²) in [6.45, 7) is 2.60. The van der Waals surface area contributed by atoms with Crippen molar-refractivity contribution in [1.29, 1.82) is 0 Å². The highest BCUT2D eigenvalue weighted by Crippen LogP contribution is 2.40. The van der Waals surface area contributed by atoms with E-state index in [2.05, 4.69) is 26.6 Å². The van der Waals surface area contributed by atoms with E-state index >= 15 is 0 Å². The van der Waals surface area contributed by atoms with Gasteiger partial charge in [-0.15, -0.1) is 12.4 Å². The van der Waals surface area contributed by atoms with Gasteiger partial charge in [-0.3, -0.25) is 28.8 Å². The van der Waals surface area contributed by atoms with Crippen molar-refractivity contribution >= 4 is 58.8 Å². The number of aryl methyl sites for hydroxylation is 1. The molecule has 0 aliphatic carbocycles. The molecule has 0 saturated heterocycles. The third kappa shape index (κ3) is 8.95. The number of hydrogen-bond acceptors (Lipinski definition) is 12. The van der Waals surface area contributed by atoms with Gasteiger partial charge in [-0.25, -0.2) is 9.78 Å². The van der Waals surface area contributed by atoms with Crippen molar-refractivity contribution in [3.63, 3.8) is 0 Å². The number of nitrogens with one attached hydrogen (secondary N) is 5. The molecule has 290 valence electrons. The molecule has 1 atom stereocenters. The minimum absolute atomic E-state index is 0. The van der Waals surface area contributed by atoms with Crippen molar-refractivity contribution in [3.8, 4) is 17.1 Å². The van der Waals surface area contributed by atoms with Gasteiger partial charge in [-0.2, -0.15) is 0 Å². The molecule has 0 saturated carbocycles. The first-order chi connectivity index (χ1) is 25.4. The smallest absolute Gasteiger partial charge is 0.343 e. The summed E-state index contributed by atoms with van der Waals surface area (Å²) in [7, 11) is 0. The fraction of sp³-hybridized carbons (Fsp3) is 0.429. The Balaban J connectivity index is 0.00000650. The van der Waals surface area contributed by atoms with Gasteiger partial charge in [0.25, 0.3) is 5.56 Å². The number of amides is 5. The molecule has 3 aromatic rings. The lowest BCUT2D eigenvalue weighted by Crippen LogP contribution is -2.46. The second kappa shape index (κ2) is 18.0. The van der Waals surface area contributed by atoms with Crippen molar-refractivity contribution < 1.29 is 43.3 Å². The van der Waals surface area contributed by atoms with Gasteiger partial charge in [-0.1, -0.05) is 13.8 Å². The van der Waals surface area contributed by atoms with Crippen LogP contribution >= 0.6 is 12.4 Å². The van der Waals surface area contributed by atoms with Crippen LogP contribution in [0.2, 0.25) is 0 Å². The lowest BCUT2D eigenvalue weighted by atomic mass is 9.86. The van der Waals surface area contributed by atoms with E-state index in [1.165, 1.54) is 0 Å². The zero-order valence-corrected chi connectivity index (χ0v) is 30.6. The maximum Gasteiger partial charge on any atom is 0.343 e. The number of carbonyl (C=O) groups excluding carboxylic acids is 6. The Bertz CT molecular complexity index is 2040. The number of benzene rings is 1. The minimum Gasteiger partial charge on any atom is -0.494 e. The molecule has 1 aromatic carbocycles. The van der Waals surface area contributed by atoms with Crippen LogP contribution in [0.3, 0.4) is 0 Å². The Morgan fingerprint density at radius 1 is 0.907 bits per heavy atom. The molecule has 0 radical (unpaired) electrons. The summed E-state index contributed by atoms with van der Waals surface area (Å²) in [5.74, 6) is -2.98. The summed E-state index contributed by atoms with van der Waals surface area (Å²) >= 11 is 0. The molecule has 2 aliphatic rings. The maximum atomic E-state index is 13.6. The number of aliphatic hydroxyl groups is 1. The van der Waals surface area contributed by atoms with Crippen molar-refractivity contribution in [2.24, 2.45) is 5.73 Å². The van der Waals surface area contributed by atoms with Crippen molar-refractivity contribution in [1.82, 2.24) is 36.1 Å². The van der Waals surface area contributed by atoms with Crippen molar-refractivity contribution in [2.45, 2.75) is 51.9 Å². The molecule has 4 heterocycles. The van der Waals surface area contributed by atoms with E-state index in [4.69, 9.17) is 20.2 Å². The van der Waals surface area contributed by atoms with Gasteiger partial charge in [0.2, 0.25) is 29.5 Å². The molecule has 19 heteroatoms. The van der Waals surface area contributed by atoms with E-state index < -0.39 is 54.2 Å². The zero-order chi connectivity index (χ0) is 38.3. The lowest BCUT2D eigenvalue weighted by Gasteiger charge is -2.31. The first-order valence-corrected chi connectivity index (χ1v) is 17.2. The van der Waals surface area contributed by atoms with Crippen LogP contribution in [0, 0.1) is 0 Å². The highest BCUT2D eigenvalue weighted by molar-refractivity contribution is 5.92. The second-order valence-electron chi connectivity index (χ2n) is 12.4. The molecule has 0 spiro atoms. The molecular formula is C35H43ClN8O10. The van der Waals surface area contributed by atoms with E-state index in [-0.39, 0.29) is 74.9 Å². The topological polar surface area (TPSA) is 262 Å². The predicted octanol–water partition coefficient (Wildman–Crippen LogP) is -1.63. The Morgan fingerprint density at radius 2 is 1.52 bits per heavy atom. The third-order valence-electron chi connectivity index (χ3n) is 9.01. The molecule has 18 nitrogen and oxygen atoms in total. The minimum atomic E-state index is -1.90. The summed E-state index contributed by atoms with van der Waals surface area (Å²) in [6, 6.07) is 7.20. The lowest BCUT2D eigenvalue weighted by molar-refractivity contribution is -0.172. The number of rotatable bonds is 16. The molecule has 0 fully saturated rings. The predicted molar refractivity (Wildman–Crippen MR) is 195 cm³/mol. The number of fused-ring (bicyclic) bond motifs is 5. The van der Waals surface area contributed by atoms with Gasteiger partial charge in [0.1, 0.15) is 12.4 Å². The van der Waals surface area contributed by atoms with Gasteiger partial charge in [-0.05, 0) is 49.1 Å². The number of hydrogen-bond donors (Lipinski definition) is 7. The van der Waals surface area contributed by atoms with Gasteiger partial charge in [0.05, 0.1) is 68.3 Å². The van der Waals surface area contributed by atoms with Crippen LogP contribution in [0.25, 0.3) is 22.3 Å². The normalized spacial score (nSPS) is 15.1. The zero-order valence-electron chi connectivity index (χ0n) is 29.8. The van der Waals surface area contributed by atoms with E-state index in [9.17, 15) is 38.7 Å². The number of ether oxygens (including phenoxy) is 2. The van der Waals surface area contributed by atoms with E-state index in [0.717, 1.165) is 16.5 Å². The number of carbonyl (C=O) groups is 6. The van der Waals surface area contributed by atoms with Crippen LogP contribution in [0.4, 0.5) is 0 Å². The number of aromatic nitrogens is 2. The average molecular weight is 771 g/mol. The molecule has 0 unspecified atom stereocenters. The number of nitrogens with zero attached hydrogens (tertiary/aromatic N) is 2. The van der Waals surface area contributed by atoms with Gasteiger partial charge >= 0.3 is 5.97 Å². The maximum absolute atomic E-state index is 13.6. The number of halogens is 1. The fourth-order valence-electron chi connectivity index (χ4n) is 6.16. The molecule has 2 aliphatic heterocycles. The first-order valence-electron chi connectivity index (χ1n) is 17.2. The third-order valence-corrected chi connectivity index (χ3v) is 9.01. The molecule has 54 heavy (non-hydrogen) atoms. The van der Waals surface area contributed by atoms with Gasteiger partial charge in [0, 0.05) is 23.1 Å². The summed E-state index contributed by atoms with van der Waals surface area (Å²) in [5.41, 5.74) is 7.18. The number of nitrogens with two attached hydrogens (primary N) is 1. The quantitative estimate of drug-likeness (QED) is 0.0501. The largest absolute Gasteiger partial charge is 0.494 e. The van der Waals surface area contributed by atoms with Crippen LogP contribution in [0.15, 0.2) is 29.1 Å². The highest BCUT2D eigenvalue weighted by atomic mass is 35.5. The van der Waals surface area contributed by atoms with E-state index in [1.807, 2.05) is 19.1 Å². The second-order valence-corrected chi connectivity index (χ2v) is 12.4. The number of cyclic esters (lactones) is 1. The van der Waals surface area contributed by atoms with Crippen LogP contribution < -0.4 is 42.6 Å². The van der Waals surface area contributed by atoms with E-state index in [0.29, 0.717) is 42.0 Å². The number of esters is 1. The first kappa shape index (κ1) is 41.2.